The fourth-order valence-corrected chi connectivity index (χ4v) is 2.32. The summed E-state index contributed by atoms with van der Waals surface area (Å²) in [4.78, 5) is 25.9. The Kier molecular flexibility index (Phi) is 3.78. The first kappa shape index (κ1) is 12.1. The predicted molar refractivity (Wildman–Crippen MR) is 65.0 cm³/mol. The van der Waals surface area contributed by atoms with Crippen molar-refractivity contribution in [3.05, 3.63) is 22.4 Å². The molecule has 1 aromatic heterocycles. The summed E-state index contributed by atoms with van der Waals surface area (Å²) in [6, 6.07) is 3.84. The molecule has 0 radical (unpaired) electrons. The maximum absolute atomic E-state index is 12.2. The van der Waals surface area contributed by atoms with Crippen LogP contribution in [0.3, 0.4) is 0 Å². The molecule has 0 saturated heterocycles. The zero-order chi connectivity index (χ0) is 12.3. The van der Waals surface area contributed by atoms with Crippen molar-refractivity contribution in [2.75, 3.05) is 13.2 Å². The van der Waals surface area contributed by atoms with Crippen LogP contribution in [0.1, 0.15) is 29.4 Å². The van der Waals surface area contributed by atoms with E-state index >= 15 is 0 Å². The van der Waals surface area contributed by atoms with Gasteiger partial charge in [-0.1, -0.05) is 6.07 Å². The average molecular weight is 253 g/mol. The Bertz CT molecular complexity index is 398. The minimum Gasteiger partial charge on any atom is -0.465 e. The molecule has 4 nitrogen and oxygen atoms in total. The molecule has 92 valence electrons. The van der Waals surface area contributed by atoms with E-state index in [0.29, 0.717) is 11.5 Å². The van der Waals surface area contributed by atoms with Crippen molar-refractivity contribution in [1.29, 1.82) is 0 Å². The molecule has 1 amide bonds. The lowest BCUT2D eigenvalue weighted by atomic mass is 10.3. The summed E-state index contributed by atoms with van der Waals surface area (Å²) in [7, 11) is 0. The van der Waals surface area contributed by atoms with Gasteiger partial charge in [0.25, 0.3) is 5.91 Å². The number of esters is 1. The zero-order valence-electron chi connectivity index (χ0n) is 9.72. The molecule has 1 heterocycles. The maximum atomic E-state index is 12.2. The Morgan fingerprint density at radius 1 is 1.53 bits per heavy atom. The van der Waals surface area contributed by atoms with Crippen molar-refractivity contribution in [2.45, 2.75) is 25.8 Å². The van der Waals surface area contributed by atoms with Crippen molar-refractivity contribution in [1.82, 2.24) is 4.90 Å². The van der Waals surface area contributed by atoms with Gasteiger partial charge in [0.15, 0.2) is 0 Å². The molecule has 1 aliphatic rings. The largest absolute Gasteiger partial charge is 0.465 e. The Labute approximate surface area is 104 Å². The normalized spacial score (nSPS) is 14.4. The van der Waals surface area contributed by atoms with Crippen molar-refractivity contribution < 1.29 is 14.3 Å². The Morgan fingerprint density at radius 2 is 2.29 bits per heavy atom. The smallest absolute Gasteiger partial charge is 0.325 e. The third kappa shape index (κ3) is 3.06. The van der Waals surface area contributed by atoms with E-state index in [1.54, 1.807) is 17.9 Å². The Hall–Kier alpha value is -1.36. The van der Waals surface area contributed by atoms with E-state index in [-0.39, 0.29) is 24.5 Å². The molecule has 17 heavy (non-hydrogen) atoms. The average Bonchev–Trinajstić information content (AvgIpc) is 3.00. The molecule has 0 aliphatic heterocycles. The fraction of sp³-hybridized carbons (Fsp3) is 0.500. The number of hydrogen-bond acceptors (Lipinski definition) is 4. The second-order valence-electron chi connectivity index (χ2n) is 3.95. The van der Waals surface area contributed by atoms with E-state index in [9.17, 15) is 9.59 Å². The van der Waals surface area contributed by atoms with Gasteiger partial charge in [-0.25, -0.2) is 0 Å². The van der Waals surface area contributed by atoms with Gasteiger partial charge >= 0.3 is 5.97 Å². The van der Waals surface area contributed by atoms with Gasteiger partial charge in [-0.2, -0.15) is 0 Å². The SMILES string of the molecule is CCOC(=O)CN(C(=O)c1cccs1)C1CC1. The van der Waals surface area contributed by atoms with Crippen LogP contribution in [0.2, 0.25) is 0 Å². The second kappa shape index (κ2) is 5.31. The molecule has 1 aliphatic carbocycles. The highest BCUT2D eigenvalue weighted by atomic mass is 32.1. The molecular weight excluding hydrogens is 238 g/mol. The van der Waals surface area contributed by atoms with E-state index in [0.717, 1.165) is 12.8 Å². The van der Waals surface area contributed by atoms with E-state index in [2.05, 4.69) is 0 Å². The summed E-state index contributed by atoms with van der Waals surface area (Å²) in [5.74, 6) is -0.389. The number of ether oxygens (including phenoxy) is 1. The predicted octanol–water partition coefficient (Wildman–Crippen LogP) is 1.92. The number of nitrogens with zero attached hydrogens (tertiary/aromatic N) is 1. The minimum absolute atomic E-state index is 0.0597. The van der Waals surface area contributed by atoms with Gasteiger partial charge in [0.05, 0.1) is 11.5 Å². The van der Waals surface area contributed by atoms with Gasteiger partial charge < -0.3 is 9.64 Å². The summed E-state index contributed by atoms with van der Waals surface area (Å²) in [5.41, 5.74) is 0. The van der Waals surface area contributed by atoms with E-state index in [1.807, 2.05) is 11.4 Å². The van der Waals surface area contributed by atoms with Crippen LogP contribution < -0.4 is 0 Å². The molecule has 0 aromatic carbocycles. The Balaban J connectivity index is 2.02. The van der Waals surface area contributed by atoms with Crippen LogP contribution in [0.25, 0.3) is 0 Å². The molecule has 2 rings (SSSR count). The fourth-order valence-electron chi connectivity index (χ4n) is 1.64. The summed E-state index contributed by atoms with van der Waals surface area (Å²) in [6.07, 6.45) is 1.97. The molecule has 0 bridgehead atoms. The van der Waals surface area contributed by atoms with Crippen LogP contribution >= 0.6 is 11.3 Å². The van der Waals surface area contributed by atoms with Crippen molar-refractivity contribution in [3.63, 3.8) is 0 Å². The Morgan fingerprint density at radius 3 is 2.82 bits per heavy atom. The highest BCUT2D eigenvalue weighted by molar-refractivity contribution is 7.12. The van der Waals surface area contributed by atoms with Crippen LogP contribution in [0.5, 0.6) is 0 Å². The van der Waals surface area contributed by atoms with Crippen molar-refractivity contribution in [2.24, 2.45) is 0 Å². The quantitative estimate of drug-likeness (QED) is 0.753. The molecule has 5 heteroatoms. The number of rotatable bonds is 5. The van der Waals surface area contributed by atoms with E-state index < -0.39 is 0 Å². The zero-order valence-corrected chi connectivity index (χ0v) is 10.5. The monoisotopic (exact) mass is 253 g/mol. The summed E-state index contributed by atoms with van der Waals surface area (Å²) in [6.45, 7) is 2.18. The van der Waals surface area contributed by atoms with Gasteiger partial charge in [0, 0.05) is 6.04 Å². The molecule has 0 unspecified atom stereocenters. The topological polar surface area (TPSA) is 46.6 Å². The first-order valence-corrected chi connectivity index (χ1v) is 6.60. The minimum atomic E-state index is -0.329. The molecular formula is C12H15NO3S. The number of amides is 1. The van der Waals surface area contributed by atoms with E-state index in [4.69, 9.17) is 4.74 Å². The lowest BCUT2D eigenvalue weighted by Crippen LogP contribution is -2.37. The van der Waals surface area contributed by atoms with E-state index in [1.165, 1.54) is 11.3 Å². The van der Waals surface area contributed by atoms with Crippen LogP contribution in [0.4, 0.5) is 0 Å². The maximum Gasteiger partial charge on any atom is 0.325 e. The second-order valence-corrected chi connectivity index (χ2v) is 4.89. The van der Waals surface area contributed by atoms with Crippen LogP contribution in [0, 0.1) is 0 Å². The molecule has 0 atom stereocenters. The van der Waals surface area contributed by atoms with Crippen molar-refractivity contribution in [3.8, 4) is 0 Å². The molecule has 0 spiro atoms. The highest BCUT2D eigenvalue weighted by Gasteiger charge is 2.34. The van der Waals surface area contributed by atoms with Gasteiger partial charge in [-0.15, -0.1) is 11.3 Å². The lowest BCUT2D eigenvalue weighted by molar-refractivity contribution is -0.143. The molecule has 1 fully saturated rings. The molecule has 0 N–H and O–H groups in total. The van der Waals surface area contributed by atoms with Gasteiger partial charge in [-0.05, 0) is 31.2 Å². The van der Waals surface area contributed by atoms with Gasteiger partial charge in [0.2, 0.25) is 0 Å². The third-order valence-electron chi connectivity index (χ3n) is 2.59. The lowest BCUT2D eigenvalue weighted by Gasteiger charge is -2.20. The third-order valence-corrected chi connectivity index (χ3v) is 3.44. The number of carbonyl (C=O) groups is 2. The number of carbonyl (C=O) groups excluding carboxylic acids is 2. The van der Waals surface area contributed by atoms with Crippen molar-refractivity contribution >= 4 is 23.2 Å². The summed E-state index contributed by atoms with van der Waals surface area (Å²) >= 11 is 1.40. The molecule has 1 aromatic rings. The standard InChI is InChI=1S/C12H15NO3S/c1-2-16-11(14)8-13(9-5-6-9)12(15)10-4-3-7-17-10/h3-4,7,9H,2,5-6,8H2,1H3. The highest BCUT2D eigenvalue weighted by Crippen LogP contribution is 2.28. The van der Waals surface area contributed by atoms with Gasteiger partial charge in [0.1, 0.15) is 6.54 Å². The van der Waals surface area contributed by atoms with Crippen LogP contribution in [0.15, 0.2) is 17.5 Å². The first-order valence-electron chi connectivity index (χ1n) is 5.72. The van der Waals surface area contributed by atoms with Crippen LogP contribution in [-0.4, -0.2) is 36.0 Å². The van der Waals surface area contributed by atoms with Gasteiger partial charge in [-0.3, -0.25) is 9.59 Å². The summed E-state index contributed by atoms with van der Waals surface area (Å²) < 4.78 is 4.89. The number of hydrogen-bond donors (Lipinski definition) is 0. The van der Waals surface area contributed by atoms with Crippen LogP contribution in [-0.2, 0) is 9.53 Å². The first-order chi connectivity index (χ1) is 8.22. The molecule has 1 saturated carbocycles. The number of thiophene rings is 1. The summed E-state index contributed by atoms with van der Waals surface area (Å²) in [5, 5.41) is 1.86.